The van der Waals surface area contributed by atoms with Crippen molar-refractivity contribution in [2.45, 2.75) is 0 Å². The van der Waals surface area contributed by atoms with E-state index in [-0.39, 0.29) is 22.9 Å². The van der Waals surface area contributed by atoms with E-state index in [2.05, 4.69) is 10.2 Å². The molecule has 0 spiro atoms. The molecule has 7 heteroatoms. The Balaban J connectivity index is 2.59. The van der Waals surface area contributed by atoms with Crippen LogP contribution in [-0.4, -0.2) is 35.5 Å². The summed E-state index contributed by atoms with van der Waals surface area (Å²) in [4.78, 5) is 10.8. The highest BCUT2D eigenvalue weighted by Gasteiger charge is 2.18. The normalized spacial score (nSPS) is 10.3. The van der Waals surface area contributed by atoms with Gasteiger partial charge in [-0.2, -0.15) is 5.10 Å². The molecule has 6 nitrogen and oxygen atoms in total. The Labute approximate surface area is 107 Å². The number of halogens is 1. The van der Waals surface area contributed by atoms with Crippen LogP contribution in [0.5, 0.6) is 11.5 Å². The van der Waals surface area contributed by atoms with Gasteiger partial charge in [0.15, 0.2) is 11.5 Å². The molecule has 1 heterocycles. The number of ether oxygens (including phenoxy) is 2. The number of aromatic amines is 1. The average Bonchev–Trinajstić information content (AvgIpc) is 2.87. The third kappa shape index (κ3) is 2.35. The van der Waals surface area contributed by atoms with Gasteiger partial charge in [0.1, 0.15) is 11.5 Å². The molecule has 0 amide bonds. The van der Waals surface area contributed by atoms with Crippen LogP contribution >= 0.6 is 0 Å². The van der Waals surface area contributed by atoms with Gasteiger partial charge in [-0.15, -0.1) is 0 Å². The van der Waals surface area contributed by atoms with E-state index < -0.39 is 11.8 Å². The summed E-state index contributed by atoms with van der Waals surface area (Å²) >= 11 is 0. The largest absolute Gasteiger partial charge is 0.493 e. The van der Waals surface area contributed by atoms with Crippen LogP contribution in [0.4, 0.5) is 4.39 Å². The molecule has 1 aromatic carbocycles. The van der Waals surface area contributed by atoms with Gasteiger partial charge in [-0.05, 0) is 12.1 Å². The van der Waals surface area contributed by atoms with Crippen LogP contribution in [0, 0.1) is 5.82 Å². The van der Waals surface area contributed by atoms with E-state index in [1.54, 1.807) is 0 Å². The fraction of sp³-hybridized carbons (Fsp3) is 0.167. The maximum Gasteiger partial charge on any atom is 0.353 e. The van der Waals surface area contributed by atoms with Crippen LogP contribution in [-0.2, 0) is 0 Å². The third-order valence-corrected chi connectivity index (χ3v) is 2.53. The first-order valence-corrected chi connectivity index (χ1v) is 5.27. The molecular weight excluding hydrogens is 255 g/mol. The van der Waals surface area contributed by atoms with Gasteiger partial charge in [-0.25, -0.2) is 9.18 Å². The Kier molecular flexibility index (Phi) is 3.37. The zero-order valence-electron chi connectivity index (χ0n) is 10.2. The minimum atomic E-state index is -1.15. The van der Waals surface area contributed by atoms with E-state index in [1.165, 1.54) is 32.4 Å². The molecule has 0 unspecified atom stereocenters. The standard InChI is InChI=1S/C12H11FN2O4/c1-18-10-4-6(13)3-7(11(10)19-2)8-5-9(12(16)17)15-14-8/h3-5H,1-2H3,(H,14,15)(H,16,17). The van der Waals surface area contributed by atoms with Crippen molar-refractivity contribution in [1.29, 1.82) is 0 Å². The van der Waals surface area contributed by atoms with E-state index in [9.17, 15) is 9.18 Å². The van der Waals surface area contributed by atoms with Crippen LogP contribution in [0.1, 0.15) is 10.5 Å². The van der Waals surface area contributed by atoms with Gasteiger partial charge in [0.2, 0.25) is 0 Å². The number of carboxylic acid groups (broad SMARTS) is 1. The van der Waals surface area contributed by atoms with Gasteiger partial charge in [0.25, 0.3) is 0 Å². The number of benzene rings is 1. The number of aromatic carboxylic acids is 1. The fourth-order valence-corrected chi connectivity index (χ4v) is 1.69. The van der Waals surface area contributed by atoms with Crippen molar-refractivity contribution in [2.75, 3.05) is 14.2 Å². The fourth-order valence-electron chi connectivity index (χ4n) is 1.69. The summed E-state index contributed by atoms with van der Waals surface area (Å²) in [6, 6.07) is 3.66. The lowest BCUT2D eigenvalue weighted by molar-refractivity contribution is 0.0690. The SMILES string of the molecule is COc1cc(F)cc(-c2cc(C(=O)O)[nH]n2)c1OC. The monoisotopic (exact) mass is 266 g/mol. The van der Waals surface area contributed by atoms with Crippen LogP contribution < -0.4 is 9.47 Å². The van der Waals surface area contributed by atoms with Crippen molar-refractivity contribution >= 4 is 5.97 Å². The van der Waals surface area contributed by atoms with Crippen molar-refractivity contribution < 1.29 is 23.8 Å². The second kappa shape index (κ2) is 4.97. The van der Waals surface area contributed by atoms with Crippen molar-refractivity contribution in [3.63, 3.8) is 0 Å². The van der Waals surface area contributed by atoms with E-state index in [4.69, 9.17) is 14.6 Å². The number of carboxylic acids is 1. The van der Waals surface area contributed by atoms with Crippen molar-refractivity contribution in [3.05, 3.63) is 29.7 Å². The number of hydrogen-bond acceptors (Lipinski definition) is 4. The van der Waals surface area contributed by atoms with E-state index in [0.29, 0.717) is 5.56 Å². The lowest BCUT2D eigenvalue weighted by Gasteiger charge is -2.11. The first-order valence-electron chi connectivity index (χ1n) is 5.27. The minimum absolute atomic E-state index is 0.0970. The lowest BCUT2D eigenvalue weighted by atomic mass is 10.1. The van der Waals surface area contributed by atoms with Gasteiger partial charge in [-0.3, -0.25) is 5.10 Å². The predicted octanol–water partition coefficient (Wildman–Crippen LogP) is 1.93. The molecule has 0 aliphatic carbocycles. The molecule has 0 bridgehead atoms. The molecule has 0 aliphatic heterocycles. The second-order valence-corrected chi connectivity index (χ2v) is 3.66. The first-order chi connectivity index (χ1) is 9.06. The summed E-state index contributed by atoms with van der Waals surface area (Å²) in [7, 11) is 2.79. The molecular formula is C12H11FN2O4. The molecule has 2 rings (SSSR count). The summed E-state index contributed by atoms with van der Waals surface area (Å²) in [5, 5.41) is 15.0. The summed E-state index contributed by atoms with van der Waals surface area (Å²) < 4.78 is 23.7. The molecule has 0 saturated heterocycles. The summed E-state index contributed by atoms with van der Waals surface area (Å²) in [6.07, 6.45) is 0. The minimum Gasteiger partial charge on any atom is -0.493 e. The van der Waals surface area contributed by atoms with Crippen LogP contribution in [0.2, 0.25) is 0 Å². The average molecular weight is 266 g/mol. The van der Waals surface area contributed by atoms with Gasteiger partial charge in [0, 0.05) is 6.07 Å². The molecule has 0 fully saturated rings. The highest BCUT2D eigenvalue weighted by Crippen LogP contribution is 2.38. The van der Waals surface area contributed by atoms with Gasteiger partial charge >= 0.3 is 5.97 Å². The lowest BCUT2D eigenvalue weighted by Crippen LogP contribution is -1.95. The topological polar surface area (TPSA) is 84.4 Å². The van der Waals surface area contributed by atoms with E-state index >= 15 is 0 Å². The molecule has 0 saturated carbocycles. The summed E-state index contributed by atoms with van der Waals surface area (Å²) in [5.74, 6) is -1.20. The van der Waals surface area contributed by atoms with E-state index in [1.807, 2.05) is 0 Å². The molecule has 0 atom stereocenters. The summed E-state index contributed by atoms with van der Waals surface area (Å²) in [5.41, 5.74) is 0.468. The molecule has 1 aromatic heterocycles. The highest BCUT2D eigenvalue weighted by molar-refractivity contribution is 5.87. The number of carbonyl (C=O) groups is 1. The highest BCUT2D eigenvalue weighted by atomic mass is 19.1. The van der Waals surface area contributed by atoms with Crippen LogP contribution in [0.25, 0.3) is 11.3 Å². The van der Waals surface area contributed by atoms with Gasteiger partial charge in [0.05, 0.1) is 25.5 Å². The number of hydrogen-bond donors (Lipinski definition) is 2. The Morgan fingerprint density at radius 2 is 2.05 bits per heavy atom. The number of methoxy groups -OCH3 is 2. The molecule has 0 radical (unpaired) electrons. The Hall–Kier alpha value is -2.57. The van der Waals surface area contributed by atoms with Crippen molar-refractivity contribution in [2.24, 2.45) is 0 Å². The summed E-state index contributed by atoms with van der Waals surface area (Å²) in [6.45, 7) is 0. The number of nitrogens with one attached hydrogen (secondary N) is 1. The second-order valence-electron chi connectivity index (χ2n) is 3.66. The zero-order chi connectivity index (χ0) is 14.0. The zero-order valence-corrected chi connectivity index (χ0v) is 10.2. The Morgan fingerprint density at radius 3 is 2.58 bits per heavy atom. The third-order valence-electron chi connectivity index (χ3n) is 2.53. The van der Waals surface area contributed by atoms with Crippen molar-refractivity contribution in [1.82, 2.24) is 10.2 Å². The maximum atomic E-state index is 13.5. The number of H-pyrrole nitrogens is 1. The van der Waals surface area contributed by atoms with Crippen LogP contribution in [0.15, 0.2) is 18.2 Å². The molecule has 0 aliphatic rings. The molecule has 100 valence electrons. The molecule has 19 heavy (non-hydrogen) atoms. The quantitative estimate of drug-likeness (QED) is 0.883. The molecule has 2 aromatic rings. The predicted molar refractivity (Wildman–Crippen MR) is 64.0 cm³/mol. The maximum absolute atomic E-state index is 13.5. The van der Waals surface area contributed by atoms with Gasteiger partial charge < -0.3 is 14.6 Å². The number of rotatable bonds is 4. The first kappa shape index (κ1) is 12.9. The Morgan fingerprint density at radius 1 is 1.32 bits per heavy atom. The number of aromatic nitrogens is 2. The molecule has 2 N–H and O–H groups in total. The Bertz CT molecular complexity index is 624. The number of nitrogens with zero attached hydrogens (tertiary/aromatic N) is 1. The van der Waals surface area contributed by atoms with E-state index in [0.717, 1.165) is 0 Å². The van der Waals surface area contributed by atoms with Crippen molar-refractivity contribution in [3.8, 4) is 22.8 Å². The van der Waals surface area contributed by atoms with Crippen LogP contribution in [0.3, 0.4) is 0 Å². The van der Waals surface area contributed by atoms with Gasteiger partial charge in [-0.1, -0.05) is 0 Å². The smallest absolute Gasteiger partial charge is 0.353 e.